The van der Waals surface area contributed by atoms with Crippen molar-refractivity contribution in [2.75, 3.05) is 40.3 Å². The molecule has 0 amide bonds. The van der Waals surface area contributed by atoms with Crippen molar-refractivity contribution in [2.45, 2.75) is 24.8 Å². The molecule has 1 aliphatic heterocycles. The first-order chi connectivity index (χ1) is 9.16. The number of hydrogen-bond acceptors (Lipinski definition) is 3. The van der Waals surface area contributed by atoms with E-state index in [9.17, 15) is 0 Å². The minimum atomic E-state index is 0.225. The molecule has 1 aromatic rings. The zero-order valence-corrected chi connectivity index (χ0v) is 12.3. The van der Waals surface area contributed by atoms with Crippen molar-refractivity contribution in [2.24, 2.45) is 5.73 Å². The van der Waals surface area contributed by atoms with E-state index in [0.717, 1.165) is 19.5 Å². The lowest BCUT2D eigenvalue weighted by Crippen LogP contribution is -2.57. The van der Waals surface area contributed by atoms with Crippen molar-refractivity contribution >= 4 is 0 Å². The Morgan fingerprint density at radius 3 is 2.32 bits per heavy atom. The summed E-state index contributed by atoms with van der Waals surface area (Å²) in [7, 11) is 4.32. The molecule has 1 fully saturated rings. The van der Waals surface area contributed by atoms with Crippen LogP contribution in [0, 0.1) is 0 Å². The Kier molecular flexibility index (Phi) is 4.97. The molecule has 1 saturated heterocycles. The van der Waals surface area contributed by atoms with Gasteiger partial charge in [0.25, 0.3) is 0 Å². The lowest BCUT2D eigenvalue weighted by molar-refractivity contribution is 0.0634. The van der Waals surface area contributed by atoms with Crippen LogP contribution in [-0.2, 0) is 6.42 Å². The first-order valence-corrected chi connectivity index (χ1v) is 7.30. The number of likely N-dealkylation sites (N-methyl/N-ethyl adjacent to an activating group) is 1. The summed E-state index contributed by atoms with van der Waals surface area (Å²) in [6, 6.07) is 10.8. The van der Waals surface area contributed by atoms with Crippen LogP contribution in [0.4, 0.5) is 0 Å². The van der Waals surface area contributed by atoms with Crippen molar-refractivity contribution in [3.63, 3.8) is 0 Å². The Labute approximate surface area is 117 Å². The average Bonchev–Trinajstić information content (AvgIpc) is 2.46. The Balaban J connectivity index is 1.80. The van der Waals surface area contributed by atoms with E-state index in [0.29, 0.717) is 0 Å². The van der Waals surface area contributed by atoms with Gasteiger partial charge in [-0.15, -0.1) is 0 Å². The number of nitrogens with two attached hydrogens (primary N) is 1. The normalized spacial score (nSPS) is 19.8. The highest BCUT2D eigenvalue weighted by Crippen LogP contribution is 2.25. The van der Waals surface area contributed by atoms with Crippen LogP contribution in [0.15, 0.2) is 30.3 Å². The van der Waals surface area contributed by atoms with Gasteiger partial charge in [0.1, 0.15) is 0 Å². The highest BCUT2D eigenvalue weighted by atomic mass is 15.2. The first kappa shape index (κ1) is 14.5. The molecule has 3 nitrogen and oxygen atoms in total. The lowest BCUT2D eigenvalue weighted by atomic mass is 9.86. The molecule has 1 heterocycles. The van der Waals surface area contributed by atoms with Gasteiger partial charge in [-0.1, -0.05) is 30.3 Å². The van der Waals surface area contributed by atoms with Crippen LogP contribution in [0.2, 0.25) is 0 Å². The molecule has 0 unspecified atom stereocenters. The van der Waals surface area contributed by atoms with Crippen LogP contribution in [0.1, 0.15) is 18.4 Å². The Morgan fingerprint density at radius 1 is 1.16 bits per heavy atom. The Morgan fingerprint density at radius 2 is 1.79 bits per heavy atom. The largest absolute Gasteiger partial charge is 0.329 e. The van der Waals surface area contributed by atoms with Crippen molar-refractivity contribution in [1.82, 2.24) is 9.80 Å². The second-order valence-corrected chi connectivity index (χ2v) is 5.90. The quantitative estimate of drug-likeness (QED) is 0.873. The van der Waals surface area contributed by atoms with Crippen molar-refractivity contribution in [3.05, 3.63) is 35.9 Å². The molecule has 1 aromatic carbocycles. The third kappa shape index (κ3) is 3.56. The van der Waals surface area contributed by atoms with Crippen molar-refractivity contribution < 1.29 is 0 Å². The van der Waals surface area contributed by atoms with Gasteiger partial charge in [0, 0.05) is 18.6 Å². The third-order valence-corrected chi connectivity index (χ3v) is 4.67. The standard InChI is InChI=1S/C16H27N3/c1-18(2)16(14-17)9-12-19(13-10-16)11-8-15-6-4-3-5-7-15/h3-7H,8-14,17H2,1-2H3. The van der Waals surface area contributed by atoms with Gasteiger partial charge in [-0.25, -0.2) is 0 Å². The number of likely N-dealkylation sites (tertiary alicyclic amines) is 1. The monoisotopic (exact) mass is 261 g/mol. The first-order valence-electron chi connectivity index (χ1n) is 7.30. The van der Waals surface area contributed by atoms with E-state index in [1.54, 1.807) is 0 Å². The highest BCUT2D eigenvalue weighted by molar-refractivity contribution is 5.14. The zero-order chi connectivity index (χ0) is 13.7. The van der Waals surface area contributed by atoms with E-state index in [1.807, 2.05) is 0 Å². The third-order valence-electron chi connectivity index (χ3n) is 4.67. The maximum atomic E-state index is 5.99. The van der Waals surface area contributed by atoms with Crippen LogP contribution < -0.4 is 5.73 Å². The summed E-state index contributed by atoms with van der Waals surface area (Å²) in [5, 5.41) is 0. The molecule has 0 saturated carbocycles. The average molecular weight is 261 g/mol. The van der Waals surface area contributed by atoms with Crippen LogP contribution in [0.5, 0.6) is 0 Å². The smallest absolute Gasteiger partial charge is 0.0349 e. The number of benzene rings is 1. The van der Waals surface area contributed by atoms with Crippen LogP contribution in [-0.4, -0.2) is 55.6 Å². The van der Waals surface area contributed by atoms with E-state index in [-0.39, 0.29) is 5.54 Å². The van der Waals surface area contributed by atoms with Gasteiger partial charge in [-0.3, -0.25) is 0 Å². The van der Waals surface area contributed by atoms with Crippen molar-refractivity contribution in [3.8, 4) is 0 Å². The van der Waals surface area contributed by atoms with Gasteiger partial charge in [0.2, 0.25) is 0 Å². The minimum Gasteiger partial charge on any atom is -0.329 e. The molecule has 3 heteroatoms. The molecule has 0 spiro atoms. The SMILES string of the molecule is CN(C)C1(CN)CCN(CCc2ccccc2)CC1. The maximum absolute atomic E-state index is 5.99. The van der Waals surface area contributed by atoms with Gasteiger partial charge in [-0.2, -0.15) is 0 Å². The fourth-order valence-electron chi connectivity index (χ4n) is 2.96. The summed E-state index contributed by atoms with van der Waals surface area (Å²) >= 11 is 0. The van der Waals surface area contributed by atoms with E-state index in [1.165, 1.54) is 31.5 Å². The van der Waals surface area contributed by atoms with Crippen LogP contribution >= 0.6 is 0 Å². The molecule has 19 heavy (non-hydrogen) atoms. The number of piperidine rings is 1. The van der Waals surface area contributed by atoms with E-state index in [2.05, 4.69) is 54.2 Å². The number of nitrogens with zero attached hydrogens (tertiary/aromatic N) is 2. The van der Waals surface area contributed by atoms with Crippen LogP contribution in [0.25, 0.3) is 0 Å². The second kappa shape index (κ2) is 6.51. The summed E-state index contributed by atoms with van der Waals surface area (Å²) in [6.45, 7) is 4.27. The summed E-state index contributed by atoms with van der Waals surface area (Å²) < 4.78 is 0. The van der Waals surface area contributed by atoms with E-state index in [4.69, 9.17) is 5.73 Å². The molecule has 1 aliphatic rings. The summed E-state index contributed by atoms with van der Waals surface area (Å²) in [5.41, 5.74) is 7.65. The Hall–Kier alpha value is -0.900. The topological polar surface area (TPSA) is 32.5 Å². The molecule has 0 radical (unpaired) electrons. The minimum absolute atomic E-state index is 0.225. The summed E-state index contributed by atoms with van der Waals surface area (Å²) in [5.74, 6) is 0. The fourth-order valence-corrected chi connectivity index (χ4v) is 2.96. The highest BCUT2D eigenvalue weighted by Gasteiger charge is 2.34. The summed E-state index contributed by atoms with van der Waals surface area (Å²) in [4.78, 5) is 4.89. The number of rotatable bonds is 5. The van der Waals surface area contributed by atoms with Crippen LogP contribution in [0.3, 0.4) is 0 Å². The second-order valence-electron chi connectivity index (χ2n) is 5.90. The van der Waals surface area contributed by atoms with Gasteiger partial charge >= 0.3 is 0 Å². The number of hydrogen-bond donors (Lipinski definition) is 1. The summed E-state index contributed by atoms with van der Waals surface area (Å²) in [6.07, 6.45) is 3.52. The van der Waals surface area contributed by atoms with Gasteiger partial charge in [-0.05, 0) is 52.0 Å². The zero-order valence-electron chi connectivity index (χ0n) is 12.3. The molecule has 2 rings (SSSR count). The predicted octanol–water partition coefficient (Wildman–Crippen LogP) is 1.58. The fraction of sp³-hybridized carbons (Fsp3) is 0.625. The maximum Gasteiger partial charge on any atom is 0.0349 e. The van der Waals surface area contributed by atoms with E-state index < -0.39 is 0 Å². The molecule has 0 atom stereocenters. The molecule has 106 valence electrons. The molecule has 2 N–H and O–H groups in total. The Bertz CT molecular complexity index is 367. The van der Waals surface area contributed by atoms with Gasteiger partial charge < -0.3 is 15.5 Å². The molecular formula is C16H27N3. The van der Waals surface area contributed by atoms with E-state index >= 15 is 0 Å². The molecule has 0 aliphatic carbocycles. The molecular weight excluding hydrogens is 234 g/mol. The molecule has 0 bridgehead atoms. The van der Waals surface area contributed by atoms with Gasteiger partial charge in [0.15, 0.2) is 0 Å². The van der Waals surface area contributed by atoms with Crippen molar-refractivity contribution in [1.29, 1.82) is 0 Å². The predicted molar refractivity (Wildman–Crippen MR) is 81.3 cm³/mol. The van der Waals surface area contributed by atoms with Gasteiger partial charge in [0.05, 0.1) is 0 Å². The lowest BCUT2D eigenvalue weighted by Gasteiger charge is -2.45. The molecule has 0 aromatic heterocycles.